The molecule has 0 bridgehead atoms. The third kappa shape index (κ3) is 3.27. The lowest BCUT2D eigenvalue weighted by atomic mass is 9.97. The predicted octanol–water partition coefficient (Wildman–Crippen LogP) is 1.66. The molecule has 4 heteroatoms. The topological polar surface area (TPSA) is 38.3 Å². The summed E-state index contributed by atoms with van der Waals surface area (Å²) in [6, 6.07) is 0. The highest BCUT2D eigenvalue weighted by atomic mass is 79.9. The number of hydrogen-bond donors (Lipinski definition) is 1. The van der Waals surface area contributed by atoms with Crippen LogP contribution in [0.25, 0.3) is 0 Å². The quantitative estimate of drug-likeness (QED) is 0.568. The molecule has 1 rings (SSSR count). The van der Waals surface area contributed by atoms with Gasteiger partial charge in [0.25, 0.3) is 0 Å². The summed E-state index contributed by atoms with van der Waals surface area (Å²) in [5, 5.41) is 3.12. The van der Waals surface area contributed by atoms with Crippen molar-refractivity contribution in [2.45, 2.75) is 38.2 Å². The number of carbonyl (C=O) groups excluding carboxylic acids is 1. The first-order valence-electron chi connectivity index (χ1n) is 4.48. The molecule has 0 saturated carbocycles. The highest BCUT2D eigenvalue weighted by molar-refractivity contribution is 9.09. The van der Waals surface area contributed by atoms with Crippen LogP contribution >= 0.6 is 15.9 Å². The van der Waals surface area contributed by atoms with Crippen LogP contribution in [0.4, 0.5) is 0 Å². The van der Waals surface area contributed by atoms with Gasteiger partial charge in [0.05, 0.1) is 5.41 Å². The van der Waals surface area contributed by atoms with Gasteiger partial charge in [0, 0.05) is 17.8 Å². The van der Waals surface area contributed by atoms with Gasteiger partial charge in [-0.3, -0.25) is 10.1 Å². The largest absolute Gasteiger partial charge is 0.446 e. The highest BCUT2D eigenvalue weighted by Gasteiger charge is 2.30. The summed E-state index contributed by atoms with van der Waals surface area (Å²) >= 11 is 3.47. The van der Waals surface area contributed by atoms with E-state index in [4.69, 9.17) is 4.74 Å². The lowest BCUT2D eigenvalue weighted by molar-refractivity contribution is -0.159. The molecule has 76 valence electrons. The normalized spacial score (nSPS) is 28.9. The zero-order valence-electron chi connectivity index (χ0n) is 8.26. The van der Waals surface area contributed by atoms with Crippen LogP contribution in [0.15, 0.2) is 0 Å². The third-order valence-corrected chi connectivity index (χ3v) is 2.60. The van der Waals surface area contributed by atoms with Gasteiger partial charge in [0.15, 0.2) is 6.23 Å². The third-order valence-electron chi connectivity index (χ3n) is 1.90. The number of nitrogens with one attached hydrogen (secondary N) is 1. The van der Waals surface area contributed by atoms with E-state index in [1.807, 2.05) is 20.8 Å². The minimum atomic E-state index is -0.411. The van der Waals surface area contributed by atoms with Crippen LogP contribution in [0.1, 0.15) is 27.2 Å². The van der Waals surface area contributed by atoms with Gasteiger partial charge in [0.2, 0.25) is 0 Å². The van der Waals surface area contributed by atoms with Gasteiger partial charge < -0.3 is 4.74 Å². The van der Waals surface area contributed by atoms with Crippen molar-refractivity contribution in [1.29, 1.82) is 0 Å². The first kappa shape index (κ1) is 11.0. The van der Waals surface area contributed by atoms with E-state index in [1.54, 1.807) is 0 Å². The van der Waals surface area contributed by atoms with Gasteiger partial charge in [-0.15, -0.1) is 0 Å². The maximum Gasteiger partial charge on any atom is 0.312 e. The molecule has 0 spiro atoms. The van der Waals surface area contributed by atoms with Crippen molar-refractivity contribution in [2.75, 3.05) is 6.54 Å². The van der Waals surface area contributed by atoms with Gasteiger partial charge in [-0.2, -0.15) is 0 Å². The second-order valence-corrected chi connectivity index (χ2v) is 5.68. The number of alkyl halides is 1. The van der Waals surface area contributed by atoms with Gasteiger partial charge in [-0.25, -0.2) is 0 Å². The second kappa shape index (κ2) is 3.96. The lowest BCUT2D eigenvalue weighted by Gasteiger charge is -2.20. The number of halogens is 1. The zero-order valence-corrected chi connectivity index (χ0v) is 9.85. The molecule has 1 aliphatic heterocycles. The minimum absolute atomic E-state index is 0.115. The number of rotatable bonds is 1. The molecule has 1 saturated heterocycles. The van der Waals surface area contributed by atoms with Crippen molar-refractivity contribution in [1.82, 2.24) is 5.32 Å². The van der Waals surface area contributed by atoms with Crippen molar-refractivity contribution < 1.29 is 9.53 Å². The molecule has 1 fully saturated rings. The molecule has 0 aromatic heterocycles. The Labute approximate surface area is 87.3 Å². The van der Waals surface area contributed by atoms with E-state index in [0.717, 1.165) is 13.0 Å². The smallest absolute Gasteiger partial charge is 0.312 e. The molecule has 1 heterocycles. The fourth-order valence-corrected chi connectivity index (χ4v) is 1.58. The van der Waals surface area contributed by atoms with Crippen LogP contribution < -0.4 is 5.32 Å². The van der Waals surface area contributed by atoms with Crippen LogP contribution in [0.5, 0.6) is 0 Å². The average molecular weight is 250 g/mol. The minimum Gasteiger partial charge on any atom is -0.446 e. The molecule has 3 nitrogen and oxygen atoms in total. The fourth-order valence-electron chi connectivity index (χ4n) is 1.05. The van der Waals surface area contributed by atoms with Gasteiger partial charge in [-0.05, 0) is 20.8 Å². The van der Waals surface area contributed by atoms with E-state index >= 15 is 0 Å². The number of ether oxygens (including phenoxy) is 1. The van der Waals surface area contributed by atoms with Crippen LogP contribution in [0.3, 0.4) is 0 Å². The fraction of sp³-hybridized carbons (Fsp3) is 0.889. The van der Waals surface area contributed by atoms with Crippen molar-refractivity contribution in [3.05, 3.63) is 0 Å². The van der Waals surface area contributed by atoms with E-state index in [1.165, 1.54) is 0 Å². The Morgan fingerprint density at radius 3 is 2.54 bits per heavy atom. The summed E-state index contributed by atoms with van der Waals surface area (Å²) < 4.78 is 5.27. The van der Waals surface area contributed by atoms with Crippen LogP contribution in [0.2, 0.25) is 0 Å². The molecule has 2 unspecified atom stereocenters. The van der Waals surface area contributed by atoms with Gasteiger partial charge in [-0.1, -0.05) is 15.9 Å². The highest BCUT2D eigenvalue weighted by Crippen LogP contribution is 2.20. The Bertz CT molecular complexity index is 200. The molecular formula is C9H16BrNO2. The summed E-state index contributed by atoms with van der Waals surface area (Å²) in [5.74, 6) is -0.147. The summed E-state index contributed by atoms with van der Waals surface area (Å²) in [5.41, 5.74) is -0.411. The number of esters is 1. The SMILES string of the molecule is CC(C)(C)C(=O)OC1CC(Br)CN1. The maximum atomic E-state index is 11.4. The Hall–Kier alpha value is -0.0900. The Morgan fingerprint density at radius 1 is 1.54 bits per heavy atom. The predicted molar refractivity (Wildman–Crippen MR) is 54.7 cm³/mol. The molecule has 1 N–H and O–H groups in total. The summed E-state index contributed by atoms with van der Waals surface area (Å²) in [6.07, 6.45) is 0.734. The summed E-state index contributed by atoms with van der Waals surface area (Å²) in [6.45, 7) is 6.43. The maximum absolute atomic E-state index is 11.4. The van der Waals surface area contributed by atoms with Crippen LogP contribution in [-0.4, -0.2) is 23.6 Å². The number of hydrogen-bond acceptors (Lipinski definition) is 3. The van der Waals surface area contributed by atoms with Crippen molar-refractivity contribution in [3.8, 4) is 0 Å². The summed E-state index contributed by atoms with van der Waals surface area (Å²) in [7, 11) is 0. The molecule has 0 amide bonds. The molecule has 0 aliphatic carbocycles. The second-order valence-electron chi connectivity index (χ2n) is 4.39. The first-order chi connectivity index (χ1) is 5.89. The standard InChI is InChI=1S/C9H16BrNO2/c1-9(2,3)8(12)13-7-4-6(10)5-11-7/h6-7,11H,4-5H2,1-3H3. The molecule has 1 aliphatic rings. The first-order valence-corrected chi connectivity index (χ1v) is 5.39. The van der Waals surface area contributed by atoms with Gasteiger partial charge >= 0.3 is 5.97 Å². The van der Waals surface area contributed by atoms with E-state index in [2.05, 4.69) is 21.2 Å². The summed E-state index contributed by atoms with van der Waals surface area (Å²) in [4.78, 5) is 11.9. The average Bonchev–Trinajstić information content (AvgIpc) is 2.33. The Morgan fingerprint density at radius 2 is 2.15 bits per heavy atom. The molecule has 2 atom stereocenters. The molecular weight excluding hydrogens is 234 g/mol. The molecule has 0 aromatic rings. The molecule has 0 radical (unpaired) electrons. The Kier molecular flexibility index (Phi) is 3.35. The van der Waals surface area contributed by atoms with Crippen LogP contribution in [-0.2, 0) is 9.53 Å². The van der Waals surface area contributed by atoms with E-state index < -0.39 is 5.41 Å². The lowest BCUT2D eigenvalue weighted by Crippen LogP contribution is -2.33. The van der Waals surface area contributed by atoms with Crippen molar-refractivity contribution in [2.24, 2.45) is 5.41 Å². The van der Waals surface area contributed by atoms with Crippen molar-refractivity contribution in [3.63, 3.8) is 0 Å². The van der Waals surface area contributed by atoms with Crippen LogP contribution in [0, 0.1) is 5.41 Å². The van der Waals surface area contributed by atoms with E-state index in [9.17, 15) is 4.79 Å². The van der Waals surface area contributed by atoms with Gasteiger partial charge in [0.1, 0.15) is 0 Å². The van der Waals surface area contributed by atoms with Crippen molar-refractivity contribution >= 4 is 21.9 Å². The number of carbonyl (C=O) groups is 1. The molecule has 13 heavy (non-hydrogen) atoms. The monoisotopic (exact) mass is 249 g/mol. The zero-order chi connectivity index (χ0) is 10.1. The Balaban J connectivity index is 2.37. The van der Waals surface area contributed by atoms with E-state index in [0.29, 0.717) is 4.83 Å². The van der Waals surface area contributed by atoms with E-state index in [-0.39, 0.29) is 12.2 Å². The molecule has 0 aromatic carbocycles.